The van der Waals surface area contributed by atoms with Crippen LogP contribution >= 0.6 is 12.2 Å². The average molecular weight is 396 g/mol. The van der Waals surface area contributed by atoms with Crippen molar-refractivity contribution >= 4 is 28.9 Å². The number of carbonyl (C=O) groups excluding carboxylic acids is 1. The first-order valence-corrected chi connectivity index (χ1v) is 9.88. The predicted molar refractivity (Wildman–Crippen MR) is 116 cm³/mol. The van der Waals surface area contributed by atoms with Crippen molar-refractivity contribution in [2.75, 3.05) is 11.9 Å². The van der Waals surface area contributed by atoms with Gasteiger partial charge in [0.15, 0.2) is 5.11 Å². The molecule has 0 heterocycles. The molecule has 28 heavy (non-hydrogen) atoms. The fourth-order valence-electron chi connectivity index (χ4n) is 2.60. The number of unbranched alkanes of at least 4 members (excludes halogenated alkanes) is 4. The summed E-state index contributed by atoms with van der Waals surface area (Å²) in [4.78, 5) is 12.3. The molecule has 2 aromatic carbocycles. The number of nitrogens with one attached hydrogen (secondary N) is 2. The fourth-order valence-corrected chi connectivity index (χ4v) is 2.81. The van der Waals surface area contributed by atoms with E-state index in [0.717, 1.165) is 12.2 Å². The highest BCUT2D eigenvalue weighted by Crippen LogP contribution is 2.14. The SMILES string of the molecule is CCCCCCCOc1ccc(C(=O)NC(=S)Nc2cccc(C#N)c2)cc1. The van der Waals surface area contributed by atoms with Crippen LogP contribution in [-0.2, 0) is 0 Å². The Hall–Kier alpha value is -2.91. The van der Waals surface area contributed by atoms with E-state index in [2.05, 4.69) is 23.6 Å². The zero-order valence-corrected chi connectivity index (χ0v) is 16.8. The molecule has 6 heteroatoms. The lowest BCUT2D eigenvalue weighted by molar-refractivity contribution is 0.0977. The molecule has 0 bridgehead atoms. The van der Waals surface area contributed by atoms with E-state index in [9.17, 15) is 4.79 Å². The number of benzene rings is 2. The van der Waals surface area contributed by atoms with Crippen LogP contribution in [0.5, 0.6) is 5.75 Å². The van der Waals surface area contributed by atoms with Crippen LogP contribution < -0.4 is 15.4 Å². The Morgan fingerprint density at radius 1 is 1.11 bits per heavy atom. The lowest BCUT2D eigenvalue weighted by Gasteiger charge is -2.10. The van der Waals surface area contributed by atoms with E-state index in [-0.39, 0.29) is 11.0 Å². The van der Waals surface area contributed by atoms with Gasteiger partial charge in [-0.15, -0.1) is 0 Å². The Morgan fingerprint density at radius 2 is 1.86 bits per heavy atom. The molecular weight excluding hydrogens is 370 g/mol. The second kappa shape index (κ2) is 11.7. The summed E-state index contributed by atoms with van der Waals surface area (Å²) in [6, 6.07) is 15.9. The molecule has 0 aliphatic carbocycles. The number of carbonyl (C=O) groups is 1. The number of rotatable bonds is 9. The summed E-state index contributed by atoms with van der Waals surface area (Å²) < 4.78 is 5.71. The summed E-state index contributed by atoms with van der Waals surface area (Å²) in [7, 11) is 0. The smallest absolute Gasteiger partial charge is 0.257 e. The third-order valence-electron chi connectivity index (χ3n) is 4.11. The summed E-state index contributed by atoms with van der Waals surface area (Å²) >= 11 is 5.17. The molecule has 0 radical (unpaired) electrons. The fraction of sp³-hybridized carbons (Fsp3) is 0.318. The minimum absolute atomic E-state index is 0.174. The molecule has 0 saturated heterocycles. The Morgan fingerprint density at radius 3 is 2.57 bits per heavy atom. The van der Waals surface area contributed by atoms with Crippen molar-refractivity contribution in [2.24, 2.45) is 0 Å². The van der Waals surface area contributed by atoms with Crippen molar-refractivity contribution < 1.29 is 9.53 Å². The summed E-state index contributed by atoms with van der Waals surface area (Å²) in [6.45, 7) is 2.88. The van der Waals surface area contributed by atoms with Crippen LogP contribution in [0.1, 0.15) is 54.9 Å². The standard InChI is InChI=1S/C22H25N3O2S/c1-2-3-4-5-6-14-27-20-12-10-18(11-13-20)21(26)25-22(28)24-19-9-7-8-17(15-19)16-23/h7-13,15H,2-6,14H2,1H3,(H2,24,25,26,28). The lowest BCUT2D eigenvalue weighted by Crippen LogP contribution is -2.34. The molecule has 0 saturated carbocycles. The first-order chi connectivity index (χ1) is 13.6. The van der Waals surface area contributed by atoms with Gasteiger partial charge in [-0.1, -0.05) is 38.7 Å². The number of hydrogen-bond acceptors (Lipinski definition) is 4. The summed E-state index contributed by atoms with van der Waals surface area (Å²) in [5, 5.41) is 14.6. The third-order valence-corrected chi connectivity index (χ3v) is 4.31. The normalized spacial score (nSPS) is 10.0. The number of ether oxygens (including phenoxy) is 1. The van der Waals surface area contributed by atoms with Gasteiger partial charge in [0, 0.05) is 11.3 Å². The molecule has 1 amide bonds. The quantitative estimate of drug-likeness (QED) is 0.460. The minimum Gasteiger partial charge on any atom is -0.494 e. The van der Waals surface area contributed by atoms with Gasteiger partial charge in [-0.2, -0.15) is 5.26 Å². The second-order valence-electron chi connectivity index (χ2n) is 6.39. The Bertz CT molecular complexity index is 828. The molecule has 0 unspecified atom stereocenters. The topological polar surface area (TPSA) is 74.2 Å². The molecule has 5 nitrogen and oxygen atoms in total. The van der Waals surface area contributed by atoms with Crippen molar-refractivity contribution in [1.82, 2.24) is 5.32 Å². The molecule has 0 spiro atoms. The van der Waals surface area contributed by atoms with Gasteiger partial charge in [0.05, 0.1) is 18.2 Å². The van der Waals surface area contributed by atoms with E-state index < -0.39 is 0 Å². The molecule has 0 aliphatic heterocycles. The van der Waals surface area contributed by atoms with E-state index in [4.69, 9.17) is 22.2 Å². The second-order valence-corrected chi connectivity index (χ2v) is 6.80. The maximum absolute atomic E-state index is 12.3. The first kappa shape index (κ1) is 21.4. The zero-order valence-electron chi connectivity index (χ0n) is 16.0. The molecule has 0 aromatic heterocycles. The van der Waals surface area contributed by atoms with Crippen LogP contribution in [0.2, 0.25) is 0 Å². The number of nitriles is 1. The van der Waals surface area contributed by atoms with Gasteiger partial charge in [-0.05, 0) is 61.1 Å². The Kier molecular flexibility index (Phi) is 8.96. The number of anilines is 1. The molecule has 0 atom stereocenters. The Balaban J connectivity index is 1.78. The summed E-state index contributed by atoms with van der Waals surface area (Å²) in [6.07, 6.45) is 5.96. The molecule has 2 aromatic rings. The average Bonchev–Trinajstić information content (AvgIpc) is 2.71. The maximum atomic E-state index is 12.3. The van der Waals surface area contributed by atoms with Crippen molar-refractivity contribution in [2.45, 2.75) is 39.0 Å². The number of thiocarbonyl (C=S) groups is 1. The van der Waals surface area contributed by atoms with Gasteiger partial charge in [0.1, 0.15) is 5.75 Å². The van der Waals surface area contributed by atoms with E-state index in [1.165, 1.54) is 25.7 Å². The van der Waals surface area contributed by atoms with Crippen molar-refractivity contribution in [3.05, 3.63) is 59.7 Å². The summed E-state index contributed by atoms with van der Waals surface area (Å²) in [5.74, 6) is 0.445. The number of hydrogen-bond donors (Lipinski definition) is 2. The number of nitrogens with zero attached hydrogens (tertiary/aromatic N) is 1. The van der Waals surface area contributed by atoms with Gasteiger partial charge in [0.2, 0.25) is 0 Å². The van der Waals surface area contributed by atoms with E-state index >= 15 is 0 Å². The van der Waals surface area contributed by atoms with E-state index in [1.54, 1.807) is 48.5 Å². The third kappa shape index (κ3) is 7.37. The van der Waals surface area contributed by atoms with Crippen LogP contribution in [0.4, 0.5) is 5.69 Å². The van der Waals surface area contributed by atoms with Gasteiger partial charge < -0.3 is 10.1 Å². The predicted octanol–water partition coefficient (Wildman–Crippen LogP) is 5.03. The number of amides is 1. The zero-order chi connectivity index (χ0) is 20.2. The van der Waals surface area contributed by atoms with Crippen LogP contribution in [0.25, 0.3) is 0 Å². The Labute approximate surface area is 171 Å². The summed E-state index contributed by atoms with van der Waals surface area (Å²) in [5.41, 5.74) is 1.65. The maximum Gasteiger partial charge on any atom is 0.257 e. The lowest BCUT2D eigenvalue weighted by atomic mass is 10.2. The molecule has 0 aliphatic rings. The van der Waals surface area contributed by atoms with Gasteiger partial charge in [0.25, 0.3) is 5.91 Å². The minimum atomic E-state index is -0.306. The van der Waals surface area contributed by atoms with Crippen LogP contribution in [-0.4, -0.2) is 17.6 Å². The monoisotopic (exact) mass is 395 g/mol. The van der Waals surface area contributed by atoms with Crippen molar-refractivity contribution in [3.63, 3.8) is 0 Å². The van der Waals surface area contributed by atoms with E-state index in [0.29, 0.717) is 23.4 Å². The highest BCUT2D eigenvalue weighted by atomic mass is 32.1. The van der Waals surface area contributed by atoms with Crippen LogP contribution in [0.15, 0.2) is 48.5 Å². The van der Waals surface area contributed by atoms with Gasteiger partial charge in [-0.25, -0.2) is 0 Å². The molecule has 2 rings (SSSR count). The van der Waals surface area contributed by atoms with Crippen molar-refractivity contribution in [3.8, 4) is 11.8 Å². The molecule has 146 valence electrons. The van der Waals surface area contributed by atoms with Crippen molar-refractivity contribution in [1.29, 1.82) is 5.26 Å². The van der Waals surface area contributed by atoms with Gasteiger partial charge in [-0.3, -0.25) is 10.1 Å². The van der Waals surface area contributed by atoms with E-state index in [1.807, 2.05) is 0 Å². The van der Waals surface area contributed by atoms with Gasteiger partial charge >= 0.3 is 0 Å². The highest BCUT2D eigenvalue weighted by Gasteiger charge is 2.08. The van der Waals surface area contributed by atoms with Crippen LogP contribution in [0, 0.1) is 11.3 Å². The molecular formula is C22H25N3O2S. The molecule has 0 fully saturated rings. The largest absolute Gasteiger partial charge is 0.494 e. The first-order valence-electron chi connectivity index (χ1n) is 9.47. The molecule has 2 N–H and O–H groups in total. The highest BCUT2D eigenvalue weighted by molar-refractivity contribution is 7.80. The van der Waals surface area contributed by atoms with Crippen LogP contribution in [0.3, 0.4) is 0 Å².